The quantitative estimate of drug-likeness (QED) is 0.207. The normalized spacial score (nSPS) is 13.1. The van der Waals surface area contributed by atoms with E-state index < -0.39 is 15.2 Å². The fraction of sp³-hybridized carbons (Fsp3) is 1.00. The maximum absolute atomic E-state index is 11.2. The zero-order valence-electron chi connectivity index (χ0n) is 18.5. The summed E-state index contributed by atoms with van der Waals surface area (Å²) in [7, 11) is -3.05. The van der Waals surface area contributed by atoms with Gasteiger partial charge < -0.3 is 5.73 Å². The molecule has 0 saturated carbocycles. The molecule has 0 amide bonds. The fourth-order valence-electron chi connectivity index (χ4n) is 3.64. The van der Waals surface area contributed by atoms with Gasteiger partial charge in [-0.05, 0) is 6.42 Å². The Balaban J connectivity index is 3.11. The van der Waals surface area contributed by atoms with Gasteiger partial charge in [0.2, 0.25) is 0 Å². The van der Waals surface area contributed by atoms with Gasteiger partial charge in [0.1, 0.15) is 5.37 Å². The van der Waals surface area contributed by atoms with E-state index in [1.807, 2.05) is 0 Å². The molecule has 0 fully saturated rings. The lowest BCUT2D eigenvalue weighted by atomic mass is 10.0. The van der Waals surface area contributed by atoms with Crippen LogP contribution in [0.4, 0.5) is 0 Å². The van der Waals surface area contributed by atoms with Gasteiger partial charge in [-0.25, -0.2) is 8.42 Å². The summed E-state index contributed by atoms with van der Waals surface area (Å²) in [6.07, 6.45) is 27.6. The van der Waals surface area contributed by atoms with E-state index in [4.69, 9.17) is 5.73 Å². The molecule has 0 heterocycles. The highest BCUT2D eigenvalue weighted by Crippen LogP contribution is 2.15. The molecule has 164 valence electrons. The second kappa shape index (κ2) is 19.2. The van der Waals surface area contributed by atoms with Crippen molar-refractivity contribution in [3.8, 4) is 0 Å². The molecule has 0 aromatic heterocycles. The molecule has 27 heavy (non-hydrogen) atoms. The highest BCUT2D eigenvalue weighted by molar-refractivity contribution is 7.91. The molecular weight excluding hydrogens is 354 g/mol. The van der Waals surface area contributed by atoms with Gasteiger partial charge >= 0.3 is 0 Å². The highest BCUT2D eigenvalue weighted by Gasteiger charge is 2.13. The summed E-state index contributed by atoms with van der Waals surface area (Å²) in [4.78, 5) is 0. The molecule has 0 aromatic rings. The number of rotatable bonds is 21. The van der Waals surface area contributed by atoms with Gasteiger partial charge in [0.25, 0.3) is 0 Å². The van der Waals surface area contributed by atoms with Crippen molar-refractivity contribution in [3.63, 3.8) is 0 Å². The van der Waals surface area contributed by atoms with E-state index in [0.29, 0.717) is 6.42 Å². The molecule has 0 aliphatic heterocycles. The molecular formula is C23H49NO2S. The van der Waals surface area contributed by atoms with E-state index in [-0.39, 0.29) is 0 Å². The minimum absolute atomic E-state index is 0.609. The van der Waals surface area contributed by atoms with Gasteiger partial charge in [0.15, 0.2) is 9.84 Å². The first-order valence-electron chi connectivity index (χ1n) is 11.9. The predicted molar refractivity (Wildman–Crippen MR) is 121 cm³/mol. The van der Waals surface area contributed by atoms with Crippen molar-refractivity contribution in [2.75, 3.05) is 6.26 Å². The van der Waals surface area contributed by atoms with Crippen LogP contribution in [0.25, 0.3) is 0 Å². The number of nitrogens with two attached hydrogens (primary N) is 1. The smallest absolute Gasteiger partial charge is 0.163 e. The van der Waals surface area contributed by atoms with E-state index in [1.165, 1.54) is 115 Å². The fourth-order valence-corrected chi connectivity index (χ4v) is 4.23. The lowest BCUT2D eigenvalue weighted by molar-refractivity contribution is 0.519. The summed E-state index contributed by atoms with van der Waals surface area (Å²) in [5, 5.41) is -0.664. The van der Waals surface area contributed by atoms with Crippen molar-refractivity contribution < 1.29 is 8.42 Å². The Hall–Kier alpha value is -0.0900. The van der Waals surface area contributed by atoms with E-state index in [1.54, 1.807) is 0 Å². The highest BCUT2D eigenvalue weighted by atomic mass is 32.2. The van der Waals surface area contributed by atoms with Gasteiger partial charge in [-0.2, -0.15) is 0 Å². The number of unbranched alkanes of at least 4 members (excludes halogenated alkanes) is 18. The zero-order chi connectivity index (χ0) is 20.2. The maximum atomic E-state index is 11.2. The first kappa shape index (κ1) is 26.9. The summed E-state index contributed by atoms with van der Waals surface area (Å²) in [5.74, 6) is 0. The van der Waals surface area contributed by atoms with Crippen molar-refractivity contribution in [2.45, 2.75) is 141 Å². The van der Waals surface area contributed by atoms with Crippen molar-refractivity contribution in [2.24, 2.45) is 5.73 Å². The summed E-state index contributed by atoms with van der Waals surface area (Å²) >= 11 is 0. The van der Waals surface area contributed by atoms with Gasteiger partial charge in [0.05, 0.1) is 0 Å². The molecule has 0 bridgehead atoms. The molecule has 0 rings (SSSR count). The average Bonchev–Trinajstić information content (AvgIpc) is 2.62. The van der Waals surface area contributed by atoms with E-state index in [0.717, 1.165) is 12.8 Å². The minimum atomic E-state index is -3.05. The Morgan fingerprint density at radius 1 is 0.556 bits per heavy atom. The molecule has 1 atom stereocenters. The van der Waals surface area contributed by atoms with Gasteiger partial charge in [-0.3, -0.25) is 0 Å². The van der Waals surface area contributed by atoms with E-state index in [2.05, 4.69) is 6.92 Å². The molecule has 0 spiro atoms. The van der Waals surface area contributed by atoms with Crippen molar-refractivity contribution in [3.05, 3.63) is 0 Å². The Morgan fingerprint density at radius 2 is 0.815 bits per heavy atom. The van der Waals surface area contributed by atoms with Gasteiger partial charge in [-0.15, -0.1) is 0 Å². The Bertz CT molecular complexity index is 395. The van der Waals surface area contributed by atoms with E-state index >= 15 is 0 Å². The summed E-state index contributed by atoms with van der Waals surface area (Å²) in [5.41, 5.74) is 5.64. The summed E-state index contributed by atoms with van der Waals surface area (Å²) in [6, 6.07) is 0. The van der Waals surface area contributed by atoms with Crippen LogP contribution in [0.3, 0.4) is 0 Å². The van der Waals surface area contributed by atoms with Crippen LogP contribution in [0, 0.1) is 0 Å². The molecule has 1 unspecified atom stereocenters. The Labute approximate surface area is 171 Å². The SMILES string of the molecule is CCCCCCCCCCCCCCCCCCCCCC(N)S(C)(=O)=O. The Morgan fingerprint density at radius 3 is 1.07 bits per heavy atom. The first-order chi connectivity index (χ1) is 13.0. The van der Waals surface area contributed by atoms with Gasteiger partial charge in [0, 0.05) is 6.26 Å². The summed E-state index contributed by atoms with van der Waals surface area (Å²) in [6.45, 7) is 2.28. The lowest BCUT2D eigenvalue weighted by Crippen LogP contribution is -2.29. The third kappa shape index (κ3) is 20.5. The third-order valence-corrected chi connectivity index (χ3v) is 6.98. The number of hydrogen-bond donors (Lipinski definition) is 1. The van der Waals surface area contributed by atoms with Crippen molar-refractivity contribution >= 4 is 9.84 Å². The molecule has 0 aliphatic rings. The van der Waals surface area contributed by atoms with Crippen LogP contribution in [0.2, 0.25) is 0 Å². The number of hydrogen-bond acceptors (Lipinski definition) is 3. The second-order valence-electron chi connectivity index (χ2n) is 8.52. The van der Waals surface area contributed by atoms with Gasteiger partial charge in [-0.1, -0.05) is 129 Å². The lowest BCUT2D eigenvalue weighted by Gasteiger charge is -2.08. The van der Waals surface area contributed by atoms with Crippen LogP contribution in [0.1, 0.15) is 135 Å². The topological polar surface area (TPSA) is 60.2 Å². The zero-order valence-corrected chi connectivity index (χ0v) is 19.3. The molecule has 0 aromatic carbocycles. The van der Waals surface area contributed by atoms with Crippen LogP contribution < -0.4 is 5.73 Å². The average molecular weight is 404 g/mol. The largest absolute Gasteiger partial charge is 0.315 e. The third-order valence-electron chi connectivity index (χ3n) is 5.64. The standard InChI is InChI=1S/C23H49NO2S/c1-3-4-5-6-7-8-9-10-11-12-13-14-15-16-17-18-19-20-21-22-23(24)27(2,25)26/h23H,3-22,24H2,1-2H3. The van der Waals surface area contributed by atoms with Crippen LogP contribution in [0.5, 0.6) is 0 Å². The molecule has 0 radical (unpaired) electrons. The van der Waals surface area contributed by atoms with E-state index in [9.17, 15) is 8.42 Å². The minimum Gasteiger partial charge on any atom is -0.315 e. The molecule has 0 aliphatic carbocycles. The van der Waals surface area contributed by atoms with Crippen LogP contribution >= 0.6 is 0 Å². The van der Waals surface area contributed by atoms with Crippen molar-refractivity contribution in [1.29, 1.82) is 0 Å². The molecule has 2 N–H and O–H groups in total. The molecule has 3 nitrogen and oxygen atoms in total. The summed E-state index contributed by atoms with van der Waals surface area (Å²) < 4.78 is 22.5. The van der Waals surface area contributed by atoms with Crippen molar-refractivity contribution in [1.82, 2.24) is 0 Å². The first-order valence-corrected chi connectivity index (χ1v) is 13.9. The maximum Gasteiger partial charge on any atom is 0.163 e. The predicted octanol–water partition coefficient (Wildman–Crippen LogP) is 7.14. The van der Waals surface area contributed by atoms with Crippen LogP contribution in [0.15, 0.2) is 0 Å². The molecule has 0 saturated heterocycles. The van der Waals surface area contributed by atoms with Crippen LogP contribution in [-0.4, -0.2) is 20.0 Å². The Kier molecular flexibility index (Phi) is 19.2. The monoisotopic (exact) mass is 403 g/mol. The number of sulfone groups is 1. The second-order valence-corrected chi connectivity index (χ2v) is 10.8. The molecule has 4 heteroatoms. The van der Waals surface area contributed by atoms with Crippen LogP contribution in [-0.2, 0) is 9.84 Å².